The highest BCUT2D eigenvalue weighted by Gasteiger charge is 2.48. The van der Waals surface area contributed by atoms with Gasteiger partial charge in [-0.2, -0.15) is 8.78 Å². The Kier molecular flexibility index (Phi) is 51.3. The van der Waals surface area contributed by atoms with Gasteiger partial charge in [0, 0.05) is 130 Å². The summed E-state index contributed by atoms with van der Waals surface area (Å²) in [5.41, 5.74) is -1.31. The van der Waals surface area contributed by atoms with E-state index in [-0.39, 0.29) is 225 Å². The molecule has 3 aliphatic rings. The Balaban J connectivity index is 1.14. The van der Waals surface area contributed by atoms with Crippen LogP contribution in [0.25, 0.3) is 0 Å². The first-order valence-corrected chi connectivity index (χ1v) is 47.7. The molecule has 0 spiro atoms. The highest BCUT2D eigenvalue weighted by molar-refractivity contribution is 7.52. The molecule has 4 heterocycles. The maximum atomic E-state index is 14.1. The number of aryl methyl sites for hydroxylation is 2. The molecule has 46 nitrogen and oxygen atoms in total. The van der Waals surface area contributed by atoms with Gasteiger partial charge in [-0.3, -0.25) is 56.7 Å². The Morgan fingerprint density at radius 2 is 0.698 bits per heavy atom. The topological polar surface area (TPSA) is 698 Å². The third-order valence-electron chi connectivity index (χ3n) is 20.2. The number of amides is 7. The van der Waals surface area contributed by atoms with Crippen molar-refractivity contribution in [1.82, 2.24) is 52.2 Å². The Hall–Kier alpha value is -6.50. The van der Waals surface area contributed by atoms with Gasteiger partial charge in [0.1, 0.15) is 60.5 Å². The van der Waals surface area contributed by atoms with E-state index in [2.05, 4.69) is 52.3 Å². The molecule has 3 aliphatic heterocycles. The number of nitrogens with zero attached hydrogens (tertiary/aromatic N) is 3. The summed E-state index contributed by atoms with van der Waals surface area (Å²) in [6.07, 6.45) is -22.6. The van der Waals surface area contributed by atoms with Crippen LogP contribution in [0, 0.1) is 29.1 Å². The fourth-order valence-electron chi connectivity index (χ4n) is 12.9. The van der Waals surface area contributed by atoms with Crippen molar-refractivity contribution in [3.05, 3.63) is 41.0 Å². The van der Waals surface area contributed by atoms with Crippen LogP contribution in [0.5, 0.6) is 5.75 Å². The lowest BCUT2D eigenvalue weighted by Gasteiger charge is -2.40. The Labute approximate surface area is 738 Å². The van der Waals surface area contributed by atoms with Gasteiger partial charge in [-0.15, -0.1) is 5.10 Å². The van der Waals surface area contributed by atoms with Crippen molar-refractivity contribution < 1.29 is 197 Å². The molecular weight excluding hydrogens is 1800 g/mol. The summed E-state index contributed by atoms with van der Waals surface area (Å²) >= 11 is 0. The zero-order valence-corrected chi connectivity index (χ0v) is 73.7. The van der Waals surface area contributed by atoms with Crippen LogP contribution >= 0.6 is 22.8 Å². The van der Waals surface area contributed by atoms with Crippen LogP contribution in [0.2, 0.25) is 0 Å². The Bertz CT molecular complexity index is 3630. The number of unbranched alkanes of at least 4 members (excludes halogenated alkanes) is 5. The minimum absolute atomic E-state index is 0.0214. The first kappa shape index (κ1) is 113. The summed E-state index contributed by atoms with van der Waals surface area (Å²) < 4.78 is 160. The van der Waals surface area contributed by atoms with Crippen LogP contribution in [0.15, 0.2) is 6.20 Å². The molecule has 22 N–H and O–H groups in total. The van der Waals surface area contributed by atoms with Crippen LogP contribution in [0.4, 0.5) is 22.0 Å². The first-order valence-electron chi connectivity index (χ1n) is 42.3. The van der Waals surface area contributed by atoms with Gasteiger partial charge in [-0.05, 0) is 89.9 Å². The summed E-state index contributed by atoms with van der Waals surface area (Å²) in [5, 5.41) is 120. The number of hydrogen-bond donors (Lipinski definition) is 22. The van der Waals surface area contributed by atoms with E-state index < -0.39 is 230 Å². The number of aromatic nitrogens is 3. The van der Waals surface area contributed by atoms with Crippen molar-refractivity contribution in [2.24, 2.45) is 0 Å². The van der Waals surface area contributed by atoms with E-state index in [0.29, 0.717) is 31.4 Å². The molecule has 15 atom stereocenters. The molecule has 54 heteroatoms. The zero-order valence-electron chi connectivity index (χ0n) is 71.0. The summed E-state index contributed by atoms with van der Waals surface area (Å²) in [6.45, 7) is -1.21. The summed E-state index contributed by atoms with van der Waals surface area (Å²) in [6, 6.07) is 0. The van der Waals surface area contributed by atoms with Gasteiger partial charge in [-0.25, -0.2) is 13.2 Å². The third-order valence-corrected chi connectivity index (χ3v) is 22.7. The molecular formula is C75H124F5N10O36P3. The molecule has 0 bridgehead atoms. The maximum absolute atomic E-state index is 14.1. The van der Waals surface area contributed by atoms with Gasteiger partial charge in [-0.1, -0.05) is 11.6 Å². The predicted octanol–water partition coefficient (Wildman–Crippen LogP) is -3.30. The molecule has 740 valence electrons. The van der Waals surface area contributed by atoms with Gasteiger partial charge < -0.3 is 160 Å². The number of hydrogen-bond acceptors (Lipinski definition) is 32. The molecule has 7 amide bonds. The van der Waals surface area contributed by atoms with E-state index in [1.165, 1.54) is 10.9 Å². The molecule has 0 unspecified atom stereocenters. The van der Waals surface area contributed by atoms with E-state index in [1.807, 2.05) is 0 Å². The van der Waals surface area contributed by atoms with Crippen molar-refractivity contribution in [2.45, 2.75) is 258 Å². The molecule has 3 fully saturated rings. The van der Waals surface area contributed by atoms with Gasteiger partial charge in [0.15, 0.2) is 18.9 Å². The number of carbonyl (C=O) groups is 8. The molecule has 1 aromatic heterocycles. The standard InChI is InChI=1S/C75H124F5N10O36P3/c76-57-58(77)60(79)71(61(80)59(57)78)126-56(98)16-2-1-6-31-90-41-45(88-89-90)17-18-55(97)87-75(42-117-35-19-52(94)84-28-10-25-81-49(91)13-3-7-32-120-72-68(105)65(102)62(99)46(123-72)22-38-127(108,109)110,43-118-36-20-53(95)85-29-11-26-82-50(92)14-4-8-33-121-73-69(106)66(103)63(100)47(124-73)23-39-128(111,112)113)44-119-37-21-54(96)86-30-12-27-83-51(93)15-5-9-34-122-74-70(107)67(104)64(101)48(125-74)24-40-129(114,115)116/h41,46-48,62-70,72-74,99-107H,1-40,42-44H2,(H,81,91)(H,82,92)(H,83,93)(H,84,94)(H,85,95)(H,86,96)(H,87,97)(H2,108,109,110)(H2,111,112,113)(H2,114,115,116)/t46-,47-,48-,62-,63-,64-,65+,66+,67+,68+,69+,70+,72+,73+,74+/m1/s1. The third kappa shape index (κ3) is 44.0. The number of nitrogens with one attached hydrogen (secondary N) is 7. The lowest BCUT2D eigenvalue weighted by molar-refractivity contribution is -0.297. The van der Waals surface area contributed by atoms with Crippen LogP contribution in [0.1, 0.15) is 153 Å². The summed E-state index contributed by atoms with van der Waals surface area (Å²) in [7, 11) is -13.4. The normalized spacial score (nSPS) is 22.7. The number of ether oxygens (including phenoxy) is 10. The fraction of sp³-hybridized carbons (Fsp3) is 0.787. The van der Waals surface area contributed by atoms with Crippen molar-refractivity contribution in [3.63, 3.8) is 0 Å². The van der Waals surface area contributed by atoms with E-state index >= 15 is 0 Å². The quantitative estimate of drug-likeness (QED) is 0.00587. The van der Waals surface area contributed by atoms with Crippen molar-refractivity contribution in [1.29, 1.82) is 0 Å². The van der Waals surface area contributed by atoms with E-state index in [0.717, 1.165) is 0 Å². The Morgan fingerprint density at radius 1 is 0.380 bits per heavy atom. The molecule has 3 saturated heterocycles. The lowest BCUT2D eigenvalue weighted by Crippen LogP contribution is -2.59. The van der Waals surface area contributed by atoms with Gasteiger partial charge >= 0.3 is 28.8 Å². The predicted molar refractivity (Wildman–Crippen MR) is 432 cm³/mol. The second kappa shape index (κ2) is 58.6. The second-order valence-corrected chi connectivity index (χ2v) is 36.4. The highest BCUT2D eigenvalue weighted by Crippen LogP contribution is 2.40. The monoisotopic (exact) mass is 1930 g/mol. The molecule has 5 rings (SSSR count). The smallest absolute Gasteiger partial charge is 0.325 e. The molecule has 1 aromatic carbocycles. The van der Waals surface area contributed by atoms with Gasteiger partial charge in [0.05, 0.1) is 82.1 Å². The van der Waals surface area contributed by atoms with Gasteiger partial charge in [0.2, 0.25) is 76.2 Å². The molecule has 0 aliphatic carbocycles. The number of esters is 1. The first-order chi connectivity index (χ1) is 61.0. The van der Waals surface area contributed by atoms with Crippen molar-refractivity contribution >= 4 is 70.1 Å². The molecule has 129 heavy (non-hydrogen) atoms. The average Bonchev–Trinajstić information content (AvgIpc) is 1.15. The lowest BCUT2D eigenvalue weighted by atomic mass is 9.97. The highest BCUT2D eigenvalue weighted by atomic mass is 31.2. The van der Waals surface area contributed by atoms with Crippen molar-refractivity contribution in [2.75, 3.05) is 117 Å². The number of benzene rings is 1. The minimum Gasteiger partial charge on any atom is -0.420 e. The SMILES string of the molecule is O=C(CCCCO[C@H]1O[C@H](CCP(=O)(O)O)[C@@H](O)[C@H](O)[C@@H]1O)NCCCNC(=O)CCOCC(COCCC(=O)NCCCNC(=O)CCCCO[C@H]1O[C@H](CCP(=O)(O)O)[C@@H](O)[C@H](O)[C@@H]1O)(COCCC(=O)NCCCNC(=O)CCCCO[C@H]1O[C@H](CCP(=O)(O)O)[C@@H](O)[C@H](O)[C@@H]1O)NC(=O)CCc1cn(CCCCCC(=O)Oc2c(F)c(F)c(F)c(F)c2F)nn1. The largest absolute Gasteiger partial charge is 0.420 e. The van der Waals surface area contributed by atoms with Crippen LogP contribution < -0.4 is 42.0 Å². The van der Waals surface area contributed by atoms with Crippen LogP contribution in [0.3, 0.4) is 0 Å². The summed E-state index contributed by atoms with van der Waals surface area (Å²) in [5.74, 6) is -17.8. The van der Waals surface area contributed by atoms with E-state index in [4.69, 9.17) is 42.6 Å². The van der Waals surface area contributed by atoms with E-state index in [9.17, 15) is 149 Å². The maximum Gasteiger partial charge on any atom is 0.325 e. The minimum atomic E-state index is -4.47. The molecule has 0 saturated carbocycles. The Morgan fingerprint density at radius 3 is 1.03 bits per heavy atom. The number of carbonyl (C=O) groups excluding carboxylic acids is 8. The molecule has 2 aromatic rings. The number of aliphatic hydroxyl groups is 9. The zero-order chi connectivity index (χ0) is 95.4. The number of aliphatic hydroxyl groups excluding tert-OH is 9. The number of halogens is 5. The van der Waals surface area contributed by atoms with Crippen LogP contribution in [-0.4, -0.2) is 353 Å². The fourth-order valence-corrected chi connectivity index (χ4v) is 14.7. The second-order valence-electron chi connectivity index (χ2n) is 31.1. The molecule has 0 radical (unpaired) electrons. The van der Waals surface area contributed by atoms with Crippen molar-refractivity contribution in [3.8, 4) is 5.75 Å². The summed E-state index contributed by atoms with van der Waals surface area (Å²) in [4.78, 5) is 159. The van der Waals surface area contributed by atoms with E-state index in [1.54, 1.807) is 0 Å². The van der Waals surface area contributed by atoms with Crippen LogP contribution in [-0.2, 0) is 108 Å². The van der Waals surface area contributed by atoms with Gasteiger partial charge in [0.25, 0.3) is 0 Å². The average molecular weight is 1930 g/mol. The number of rotatable bonds is 65.